The first-order valence-electron chi connectivity index (χ1n) is 3.82. The summed E-state index contributed by atoms with van der Waals surface area (Å²) >= 11 is 0. The van der Waals surface area contributed by atoms with Crippen LogP contribution in [0.3, 0.4) is 0 Å². The fourth-order valence-corrected chi connectivity index (χ4v) is 0.896. The highest BCUT2D eigenvalue weighted by molar-refractivity contribution is 5.14. The zero-order valence-corrected chi connectivity index (χ0v) is 6.16. The summed E-state index contributed by atoms with van der Waals surface area (Å²) in [5, 5.41) is 0. The first kappa shape index (κ1) is 7.33. The van der Waals surface area contributed by atoms with Gasteiger partial charge in [0.05, 0.1) is 0 Å². The van der Waals surface area contributed by atoms with E-state index in [1.807, 2.05) is 0 Å². The first-order chi connectivity index (χ1) is 5.00. The summed E-state index contributed by atoms with van der Waals surface area (Å²) in [5.74, 6) is 0. The largest absolute Gasteiger partial charge is 0.0879 e. The molecule has 0 nitrogen and oxygen atoms in total. The molecule has 0 fully saturated rings. The molecule has 0 heteroatoms. The Bertz CT molecular complexity index is 149. The van der Waals surface area contributed by atoms with E-state index in [1.165, 1.54) is 19.3 Å². The average Bonchev–Trinajstić information content (AvgIpc) is 2.01. The van der Waals surface area contributed by atoms with Crippen molar-refractivity contribution in [2.24, 2.45) is 0 Å². The monoisotopic (exact) mass is 133 g/mol. The van der Waals surface area contributed by atoms with Gasteiger partial charge < -0.3 is 0 Å². The second-order valence-corrected chi connectivity index (χ2v) is 2.36. The van der Waals surface area contributed by atoms with Crippen LogP contribution in [0.2, 0.25) is 0 Å². The number of rotatable bonds is 0. The lowest BCUT2D eigenvalue weighted by Gasteiger charge is -1.90. The fraction of sp³-hybridized carbons (Fsp3) is 0.300. The van der Waals surface area contributed by atoms with Crippen LogP contribution in [0.15, 0.2) is 36.5 Å². The van der Waals surface area contributed by atoms with Gasteiger partial charge in [-0.3, -0.25) is 0 Å². The maximum atomic E-state index is 2.21. The number of hydrogen-bond donors (Lipinski definition) is 0. The summed E-state index contributed by atoms with van der Waals surface area (Å²) in [6.07, 6.45) is 18.5. The Labute approximate surface area is 62.9 Å². The van der Waals surface area contributed by atoms with Gasteiger partial charge in [0, 0.05) is 6.42 Å². The Kier molecular flexibility index (Phi) is 3.69. The second-order valence-electron chi connectivity index (χ2n) is 2.36. The van der Waals surface area contributed by atoms with E-state index in [-0.39, 0.29) is 0 Å². The molecule has 1 radical (unpaired) electrons. The number of hydrogen-bond acceptors (Lipinski definition) is 0. The molecule has 0 atom stereocenters. The molecule has 0 aromatic rings. The molecule has 0 N–H and O–H groups in total. The van der Waals surface area contributed by atoms with Crippen molar-refractivity contribution in [3.05, 3.63) is 42.9 Å². The summed E-state index contributed by atoms with van der Waals surface area (Å²) in [5.41, 5.74) is 0. The SMILES string of the molecule is [CH]1/C=C\CCC/C=C\C=C\1. The van der Waals surface area contributed by atoms with E-state index < -0.39 is 0 Å². The third-order valence-corrected chi connectivity index (χ3v) is 1.46. The third kappa shape index (κ3) is 3.29. The minimum Gasteiger partial charge on any atom is -0.0879 e. The van der Waals surface area contributed by atoms with E-state index in [0.29, 0.717) is 0 Å². The molecule has 0 aliphatic heterocycles. The van der Waals surface area contributed by atoms with Gasteiger partial charge in [-0.2, -0.15) is 0 Å². The maximum Gasteiger partial charge on any atom is 0.00473 e. The lowest BCUT2D eigenvalue weighted by atomic mass is 10.2. The van der Waals surface area contributed by atoms with E-state index in [1.54, 1.807) is 0 Å². The number of allylic oxidation sites excluding steroid dienone is 6. The molecular formula is C10H13. The molecule has 0 saturated carbocycles. The summed E-state index contributed by atoms with van der Waals surface area (Å²) in [6, 6.07) is 0. The van der Waals surface area contributed by atoms with Crippen LogP contribution >= 0.6 is 0 Å². The zero-order valence-electron chi connectivity index (χ0n) is 6.16. The van der Waals surface area contributed by atoms with Crippen LogP contribution in [-0.2, 0) is 0 Å². The Hall–Kier alpha value is -0.780. The van der Waals surface area contributed by atoms with Crippen LogP contribution in [0.4, 0.5) is 0 Å². The molecule has 1 rings (SSSR count). The van der Waals surface area contributed by atoms with Gasteiger partial charge in [-0.05, 0) is 19.3 Å². The van der Waals surface area contributed by atoms with Gasteiger partial charge in [-0.25, -0.2) is 0 Å². The highest BCUT2D eigenvalue weighted by atomic mass is 13.9. The molecule has 1 aliphatic carbocycles. The minimum atomic E-state index is 1.20. The van der Waals surface area contributed by atoms with E-state index in [9.17, 15) is 0 Å². The van der Waals surface area contributed by atoms with Crippen molar-refractivity contribution in [3.8, 4) is 0 Å². The maximum absolute atomic E-state index is 2.21. The molecule has 10 heavy (non-hydrogen) atoms. The summed E-state index contributed by atoms with van der Waals surface area (Å²) in [4.78, 5) is 0. The van der Waals surface area contributed by atoms with Gasteiger partial charge >= 0.3 is 0 Å². The second kappa shape index (κ2) is 5.04. The van der Waals surface area contributed by atoms with Crippen molar-refractivity contribution in [1.82, 2.24) is 0 Å². The van der Waals surface area contributed by atoms with Crippen molar-refractivity contribution in [2.75, 3.05) is 0 Å². The van der Waals surface area contributed by atoms with Gasteiger partial charge in [-0.15, -0.1) is 0 Å². The van der Waals surface area contributed by atoms with E-state index in [0.717, 1.165) is 0 Å². The molecule has 0 spiro atoms. The summed E-state index contributed by atoms with van der Waals surface area (Å²) in [6.45, 7) is 0. The molecule has 0 amide bonds. The zero-order chi connectivity index (χ0) is 7.07. The quantitative estimate of drug-likeness (QED) is 0.476. The molecule has 0 unspecified atom stereocenters. The smallest absolute Gasteiger partial charge is 0.00473 e. The van der Waals surface area contributed by atoms with Gasteiger partial charge in [0.1, 0.15) is 0 Å². The standard InChI is InChI=1S/C10H13/c1-2-4-6-8-10-9-7-5-3-1/h1-7H,8-10H2/b2-1+,6-4-,7-5-. The predicted octanol–water partition coefficient (Wildman–Crippen LogP) is 3.04. The van der Waals surface area contributed by atoms with Gasteiger partial charge in [0.15, 0.2) is 0 Å². The van der Waals surface area contributed by atoms with E-state index >= 15 is 0 Å². The van der Waals surface area contributed by atoms with Crippen LogP contribution in [-0.4, -0.2) is 0 Å². The van der Waals surface area contributed by atoms with Crippen LogP contribution in [0.25, 0.3) is 0 Å². The molecular weight excluding hydrogens is 120 g/mol. The molecule has 1 aliphatic rings. The topological polar surface area (TPSA) is 0 Å². The van der Waals surface area contributed by atoms with Gasteiger partial charge in [-0.1, -0.05) is 36.5 Å². The van der Waals surface area contributed by atoms with Gasteiger partial charge in [0.25, 0.3) is 0 Å². The van der Waals surface area contributed by atoms with Crippen molar-refractivity contribution in [1.29, 1.82) is 0 Å². The van der Waals surface area contributed by atoms with Crippen molar-refractivity contribution < 1.29 is 0 Å². The van der Waals surface area contributed by atoms with Crippen molar-refractivity contribution in [2.45, 2.75) is 19.3 Å². The molecule has 0 aromatic heterocycles. The molecule has 0 aromatic carbocycles. The summed E-state index contributed by atoms with van der Waals surface area (Å²) in [7, 11) is 0. The third-order valence-electron chi connectivity index (χ3n) is 1.46. The Morgan fingerprint density at radius 1 is 0.700 bits per heavy atom. The molecule has 0 heterocycles. The van der Waals surface area contributed by atoms with E-state index in [4.69, 9.17) is 0 Å². The minimum absolute atomic E-state index is 1.20. The highest BCUT2D eigenvalue weighted by Crippen LogP contribution is 2.00. The lowest BCUT2D eigenvalue weighted by Crippen LogP contribution is -1.71. The Morgan fingerprint density at radius 3 is 2.40 bits per heavy atom. The average molecular weight is 133 g/mol. The van der Waals surface area contributed by atoms with Crippen LogP contribution in [0, 0.1) is 6.42 Å². The molecule has 0 bridgehead atoms. The molecule has 53 valence electrons. The normalized spacial score (nSPS) is 28.8. The highest BCUT2D eigenvalue weighted by Gasteiger charge is 1.81. The fourth-order valence-electron chi connectivity index (χ4n) is 0.896. The molecule has 0 saturated heterocycles. The predicted molar refractivity (Wildman–Crippen MR) is 45.6 cm³/mol. The van der Waals surface area contributed by atoms with Crippen LogP contribution in [0.1, 0.15) is 19.3 Å². The van der Waals surface area contributed by atoms with E-state index in [2.05, 4.69) is 42.9 Å². The van der Waals surface area contributed by atoms with Gasteiger partial charge in [0.2, 0.25) is 0 Å². The van der Waals surface area contributed by atoms with Crippen molar-refractivity contribution in [3.63, 3.8) is 0 Å². The van der Waals surface area contributed by atoms with Crippen LogP contribution in [0.5, 0.6) is 0 Å². The Balaban J connectivity index is 2.38. The first-order valence-corrected chi connectivity index (χ1v) is 3.82. The lowest BCUT2D eigenvalue weighted by molar-refractivity contribution is 0.867. The summed E-state index contributed by atoms with van der Waals surface area (Å²) < 4.78 is 0. The van der Waals surface area contributed by atoms with Crippen LogP contribution < -0.4 is 0 Å². The Morgan fingerprint density at radius 2 is 1.50 bits per heavy atom. The van der Waals surface area contributed by atoms with Crippen molar-refractivity contribution >= 4 is 0 Å².